The minimum atomic E-state index is -3.34. The van der Waals surface area contributed by atoms with Crippen LogP contribution in [0.4, 0.5) is 4.39 Å². The summed E-state index contributed by atoms with van der Waals surface area (Å²) in [5, 5.41) is 2.84. The number of carbonyl (C=O) groups excluding carboxylic acids is 1. The van der Waals surface area contributed by atoms with E-state index in [-0.39, 0.29) is 10.5 Å². The zero-order chi connectivity index (χ0) is 19.6. The summed E-state index contributed by atoms with van der Waals surface area (Å²) in [5.74, 6) is -0.299. The summed E-state index contributed by atoms with van der Waals surface area (Å²) in [6, 6.07) is 10.9. The van der Waals surface area contributed by atoms with Gasteiger partial charge in [-0.3, -0.25) is 4.79 Å². The van der Waals surface area contributed by atoms with E-state index in [0.717, 1.165) is 6.26 Å². The van der Waals surface area contributed by atoms with Crippen molar-refractivity contribution in [2.75, 3.05) is 6.26 Å². The van der Waals surface area contributed by atoms with Crippen LogP contribution in [0.15, 0.2) is 65.8 Å². The monoisotopic (exact) mass is 387 g/mol. The first-order chi connectivity index (χ1) is 12.8. The Morgan fingerprint density at radius 2 is 1.89 bits per heavy atom. The first-order valence-electron chi connectivity index (χ1n) is 8.09. The van der Waals surface area contributed by atoms with Crippen molar-refractivity contribution in [1.82, 2.24) is 14.9 Å². The van der Waals surface area contributed by atoms with Crippen molar-refractivity contribution < 1.29 is 17.6 Å². The van der Waals surface area contributed by atoms with Crippen LogP contribution in [0, 0.1) is 5.82 Å². The van der Waals surface area contributed by atoms with Crippen LogP contribution in [0.25, 0.3) is 0 Å². The number of rotatable bonds is 5. The second-order valence-electron chi connectivity index (χ2n) is 6.15. The molecule has 0 saturated heterocycles. The third kappa shape index (κ3) is 4.22. The molecule has 27 heavy (non-hydrogen) atoms. The van der Waals surface area contributed by atoms with Crippen LogP contribution < -0.4 is 5.32 Å². The lowest BCUT2D eigenvalue weighted by atomic mass is 10.0. The van der Waals surface area contributed by atoms with E-state index in [1.165, 1.54) is 36.4 Å². The van der Waals surface area contributed by atoms with Gasteiger partial charge in [0, 0.05) is 31.3 Å². The highest BCUT2D eigenvalue weighted by Crippen LogP contribution is 2.22. The van der Waals surface area contributed by atoms with Crippen molar-refractivity contribution >= 4 is 15.7 Å². The van der Waals surface area contributed by atoms with Crippen molar-refractivity contribution in [3.05, 3.63) is 83.7 Å². The van der Waals surface area contributed by atoms with Crippen molar-refractivity contribution in [2.45, 2.75) is 10.9 Å². The molecule has 2 aromatic carbocycles. The smallest absolute Gasteiger partial charge is 0.252 e. The molecule has 6 nitrogen and oxygen atoms in total. The van der Waals surface area contributed by atoms with E-state index in [0.29, 0.717) is 11.4 Å². The van der Waals surface area contributed by atoms with E-state index in [2.05, 4.69) is 10.3 Å². The molecule has 0 radical (unpaired) electrons. The van der Waals surface area contributed by atoms with Crippen LogP contribution in [0.2, 0.25) is 0 Å². The second-order valence-corrected chi connectivity index (χ2v) is 8.17. The molecule has 1 aromatic heterocycles. The molecule has 3 aromatic rings. The number of hydrogen-bond donors (Lipinski definition) is 1. The van der Waals surface area contributed by atoms with Crippen molar-refractivity contribution in [3.63, 3.8) is 0 Å². The first-order valence-corrected chi connectivity index (χ1v) is 9.98. The Morgan fingerprint density at radius 3 is 2.44 bits per heavy atom. The number of amides is 1. The van der Waals surface area contributed by atoms with Gasteiger partial charge in [-0.1, -0.05) is 12.1 Å². The molecule has 1 amide bonds. The maximum absolute atomic E-state index is 13.7. The van der Waals surface area contributed by atoms with E-state index in [1.54, 1.807) is 36.1 Å². The summed E-state index contributed by atoms with van der Waals surface area (Å²) < 4.78 is 38.5. The predicted octanol–water partition coefficient (Wildman–Crippen LogP) is 2.48. The van der Waals surface area contributed by atoms with Gasteiger partial charge in [-0.05, 0) is 42.0 Å². The second kappa shape index (κ2) is 7.32. The summed E-state index contributed by atoms with van der Waals surface area (Å²) >= 11 is 0. The fraction of sp³-hybridized carbons (Fsp3) is 0.158. The predicted molar refractivity (Wildman–Crippen MR) is 98.5 cm³/mol. The third-order valence-electron chi connectivity index (χ3n) is 4.12. The van der Waals surface area contributed by atoms with Gasteiger partial charge in [-0.25, -0.2) is 17.8 Å². The van der Waals surface area contributed by atoms with Crippen LogP contribution in [-0.2, 0) is 16.9 Å². The Bertz CT molecular complexity index is 1080. The highest BCUT2D eigenvalue weighted by atomic mass is 32.2. The molecule has 0 fully saturated rings. The number of nitrogens with zero attached hydrogens (tertiary/aromatic N) is 2. The number of aromatic nitrogens is 2. The van der Waals surface area contributed by atoms with Crippen LogP contribution in [-0.4, -0.2) is 30.1 Å². The Labute approximate surface area is 156 Å². The molecule has 0 aliphatic rings. The minimum Gasteiger partial charge on any atom is -0.338 e. The third-order valence-corrected chi connectivity index (χ3v) is 5.25. The SMILES string of the molecule is Cn1ccnc1[C@@H](NC(=O)c1ccc(S(C)(=O)=O)cc1)c1cccc(F)c1. The number of halogens is 1. The van der Waals surface area contributed by atoms with Gasteiger partial charge in [-0.15, -0.1) is 0 Å². The van der Waals surface area contributed by atoms with E-state index in [4.69, 9.17) is 0 Å². The molecule has 0 unspecified atom stereocenters. The van der Waals surface area contributed by atoms with Gasteiger partial charge in [-0.2, -0.15) is 0 Å². The molecule has 8 heteroatoms. The summed E-state index contributed by atoms with van der Waals surface area (Å²) in [7, 11) is -1.56. The number of aryl methyl sites for hydroxylation is 1. The molecule has 1 atom stereocenters. The van der Waals surface area contributed by atoms with E-state index >= 15 is 0 Å². The van der Waals surface area contributed by atoms with Gasteiger partial charge in [0.1, 0.15) is 17.7 Å². The maximum Gasteiger partial charge on any atom is 0.252 e. The number of imidazole rings is 1. The van der Waals surface area contributed by atoms with Gasteiger partial charge in [0.15, 0.2) is 9.84 Å². The van der Waals surface area contributed by atoms with E-state index in [1.807, 2.05) is 0 Å². The lowest BCUT2D eigenvalue weighted by Crippen LogP contribution is -2.31. The molecule has 0 saturated carbocycles. The van der Waals surface area contributed by atoms with E-state index in [9.17, 15) is 17.6 Å². The molecular weight excluding hydrogens is 369 g/mol. The Hall–Kier alpha value is -3.00. The van der Waals surface area contributed by atoms with Crippen molar-refractivity contribution in [2.24, 2.45) is 7.05 Å². The molecule has 140 valence electrons. The quantitative estimate of drug-likeness (QED) is 0.729. The Morgan fingerprint density at radius 1 is 1.19 bits per heavy atom. The largest absolute Gasteiger partial charge is 0.338 e. The van der Waals surface area contributed by atoms with Gasteiger partial charge < -0.3 is 9.88 Å². The van der Waals surface area contributed by atoms with Gasteiger partial charge in [0.25, 0.3) is 5.91 Å². The topological polar surface area (TPSA) is 81.1 Å². The number of carbonyl (C=O) groups is 1. The minimum absolute atomic E-state index is 0.129. The standard InChI is InChI=1S/C19H18FN3O3S/c1-23-11-10-21-18(23)17(14-4-3-5-15(20)12-14)22-19(24)13-6-8-16(9-7-13)27(2,25)26/h3-12,17H,1-2H3,(H,22,24)/t17-/m0/s1. The van der Waals surface area contributed by atoms with Gasteiger partial charge in [0.05, 0.1) is 4.90 Å². The zero-order valence-electron chi connectivity index (χ0n) is 14.8. The highest BCUT2D eigenvalue weighted by Gasteiger charge is 2.22. The average molecular weight is 387 g/mol. The van der Waals surface area contributed by atoms with Crippen molar-refractivity contribution in [3.8, 4) is 0 Å². The van der Waals surface area contributed by atoms with Crippen LogP contribution in [0.3, 0.4) is 0 Å². The highest BCUT2D eigenvalue weighted by molar-refractivity contribution is 7.90. The Balaban J connectivity index is 1.92. The van der Waals surface area contributed by atoms with Crippen LogP contribution in [0.5, 0.6) is 0 Å². The molecule has 0 bridgehead atoms. The maximum atomic E-state index is 13.7. The van der Waals surface area contributed by atoms with Gasteiger partial charge >= 0.3 is 0 Å². The summed E-state index contributed by atoms with van der Waals surface area (Å²) in [6.07, 6.45) is 4.42. The zero-order valence-corrected chi connectivity index (χ0v) is 15.6. The molecule has 0 aliphatic carbocycles. The summed E-state index contributed by atoms with van der Waals surface area (Å²) in [5.41, 5.74) is 0.836. The number of hydrogen-bond acceptors (Lipinski definition) is 4. The van der Waals surface area contributed by atoms with Crippen molar-refractivity contribution in [1.29, 1.82) is 0 Å². The Kier molecular flexibility index (Phi) is 5.09. The molecule has 1 heterocycles. The number of benzene rings is 2. The van der Waals surface area contributed by atoms with Gasteiger partial charge in [0.2, 0.25) is 0 Å². The fourth-order valence-electron chi connectivity index (χ4n) is 2.71. The lowest BCUT2D eigenvalue weighted by Gasteiger charge is -2.19. The average Bonchev–Trinajstić information content (AvgIpc) is 3.04. The molecule has 1 N–H and O–H groups in total. The normalized spacial score (nSPS) is 12.6. The number of nitrogens with one attached hydrogen (secondary N) is 1. The fourth-order valence-corrected chi connectivity index (χ4v) is 3.34. The first kappa shape index (κ1) is 18.8. The molecule has 0 spiro atoms. The molecule has 3 rings (SSSR count). The molecular formula is C19H18FN3O3S. The van der Waals surface area contributed by atoms with Crippen LogP contribution in [0.1, 0.15) is 27.8 Å². The summed E-state index contributed by atoms with van der Waals surface area (Å²) in [4.78, 5) is 17.1. The molecule has 0 aliphatic heterocycles. The lowest BCUT2D eigenvalue weighted by molar-refractivity contribution is 0.0941. The number of sulfone groups is 1. The van der Waals surface area contributed by atoms with Crippen LogP contribution >= 0.6 is 0 Å². The van der Waals surface area contributed by atoms with E-state index < -0.39 is 27.6 Å². The summed E-state index contributed by atoms with van der Waals surface area (Å²) in [6.45, 7) is 0.